The maximum atomic E-state index is 6.10. The molecule has 0 spiro atoms. The largest absolute Gasteiger partial charge is 0.495 e. The number of benzene rings is 2. The molecule has 0 bridgehead atoms. The predicted octanol–water partition coefficient (Wildman–Crippen LogP) is 3.89. The van der Waals surface area contributed by atoms with Crippen LogP contribution in [0, 0.1) is 0 Å². The molecule has 0 unspecified atom stereocenters. The van der Waals surface area contributed by atoms with Crippen molar-refractivity contribution in [2.45, 2.75) is 6.54 Å². The number of hydrogen-bond acceptors (Lipinski definition) is 3. The van der Waals surface area contributed by atoms with Gasteiger partial charge < -0.3 is 15.0 Å². The minimum absolute atomic E-state index is 0.625. The smallest absolute Gasteiger partial charge is 0.137 e. The van der Waals surface area contributed by atoms with Crippen LogP contribution in [0.25, 0.3) is 0 Å². The zero-order chi connectivity index (χ0) is 15.1. The summed E-state index contributed by atoms with van der Waals surface area (Å²) in [6, 6.07) is 16.2. The van der Waals surface area contributed by atoms with Gasteiger partial charge in [-0.05, 0) is 30.8 Å². The van der Waals surface area contributed by atoms with E-state index in [2.05, 4.69) is 41.5 Å². The molecule has 4 heteroatoms. The van der Waals surface area contributed by atoms with Crippen molar-refractivity contribution in [3.8, 4) is 5.75 Å². The number of likely N-dealkylation sites (N-methyl/N-ethyl adjacent to an activating group) is 1. The van der Waals surface area contributed by atoms with Crippen LogP contribution in [0.4, 0.5) is 5.69 Å². The Kier molecular flexibility index (Phi) is 5.90. The minimum Gasteiger partial charge on any atom is -0.495 e. The van der Waals surface area contributed by atoms with Gasteiger partial charge in [0.05, 0.1) is 12.1 Å². The summed E-state index contributed by atoms with van der Waals surface area (Å²) >= 11 is 6.10. The molecule has 2 rings (SSSR count). The quantitative estimate of drug-likeness (QED) is 0.840. The lowest BCUT2D eigenvalue weighted by Crippen LogP contribution is -2.24. The first-order chi connectivity index (χ1) is 10.2. The predicted molar refractivity (Wildman–Crippen MR) is 89.3 cm³/mol. The number of methoxy groups -OCH3 is 1. The number of hydrogen-bond donors (Lipinski definition) is 1. The Bertz CT molecular complexity index is 560. The molecule has 0 radical (unpaired) electrons. The van der Waals surface area contributed by atoms with Gasteiger partial charge in [-0.25, -0.2) is 0 Å². The molecule has 2 aromatic carbocycles. The molecule has 3 nitrogen and oxygen atoms in total. The van der Waals surface area contributed by atoms with Crippen molar-refractivity contribution < 1.29 is 4.74 Å². The Hall–Kier alpha value is -1.71. The lowest BCUT2D eigenvalue weighted by Gasteiger charge is -2.17. The molecule has 0 amide bonds. The number of halogens is 1. The van der Waals surface area contributed by atoms with Gasteiger partial charge >= 0.3 is 0 Å². The van der Waals surface area contributed by atoms with Crippen LogP contribution in [0.3, 0.4) is 0 Å². The van der Waals surface area contributed by atoms with Gasteiger partial charge in [-0.3, -0.25) is 0 Å². The average molecular weight is 305 g/mol. The van der Waals surface area contributed by atoms with Crippen LogP contribution in [0.5, 0.6) is 5.75 Å². The molecule has 0 aromatic heterocycles. The van der Waals surface area contributed by atoms with Crippen LogP contribution in [-0.2, 0) is 6.54 Å². The molecule has 0 aliphatic rings. The van der Waals surface area contributed by atoms with E-state index in [1.807, 2.05) is 24.3 Å². The van der Waals surface area contributed by atoms with Crippen molar-refractivity contribution in [1.29, 1.82) is 0 Å². The maximum Gasteiger partial charge on any atom is 0.137 e. The number of nitrogens with zero attached hydrogens (tertiary/aromatic N) is 1. The van der Waals surface area contributed by atoms with E-state index in [0.29, 0.717) is 10.8 Å². The molecular formula is C17H21ClN2O. The van der Waals surface area contributed by atoms with Gasteiger partial charge in [0.1, 0.15) is 5.75 Å². The van der Waals surface area contributed by atoms with Crippen molar-refractivity contribution in [1.82, 2.24) is 4.90 Å². The zero-order valence-corrected chi connectivity index (χ0v) is 13.2. The molecule has 0 aliphatic heterocycles. The maximum absolute atomic E-state index is 6.10. The molecule has 0 atom stereocenters. The van der Waals surface area contributed by atoms with Gasteiger partial charge in [0.25, 0.3) is 0 Å². The van der Waals surface area contributed by atoms with E-state index in [1.165, 1.54) is 5.56 Å². The Morgan fingerprint density at radius 3 is 2.57 bits per heavy atom. The van der Waals surface area contributed by atoms with Crippen molar-refractivity contribution in [3.05, 3.63) is 59.1 Å². The summed E-state index contributed by atoms with van der Waals surface area (Å²) in [6.07, 6.45) is 0. The Morgan fingerprint density at radius 2 is 1.90 bits per heavy atom. The molecule has 0 saturated heterocycles. The summed E-state index contributed by atoms with van der Waals surface area (Å²) in [5.74, 6) is 0.698. The first-order valence-corrected chi connectivity index (χ1v) is 7.36. The summed E-state index contributed by atoms with van der Waals surface area (Å²) in [5.41, 5.74) is 2.33. The summed E-state index contributed by atoms with van der Waals surface area (Å²) in [6.45, 7) is 2.77. The average Bonchev–Trinajstić information content (AvgIpc) is 2.48. The summed E-state index contributed by atoms with van der Waals surface area (Å²) in [5, 5.41) is 4.00. The molecule has 0 heterocycles. The van der Waals surface area contributed by atoms with Crippen LogP contribution in [-0.4, -0.2) is 32.1 Å². The summed E-state index contributed by atoms with van der Waals surface area (Å²) in [7, 11) is 3.74. The summed E-state index contributed by atoms with van der Waals surface area (Å²) in [4.78, 5) is 2.29. The second-order valence-corrected chi connectivity index (χ2v) is 5.41. The Balaban J connectivity index is 1.77. The van der Waals surface area contributed by atoms with Crippen molar-refractivity contribution >= 4 is 17.3 Å². The molecule has 0 saturated carbocycles. The number of rotatable bonds is 7. The van der Waals surface area contributed by atoms with E-state index in [9.17, 15) is 0 Å². The fourth-order valence-corrected chi connectivity index (χ4v) is 2.40. The fourth-order valence-electron chi connectivity index (χ4n) is 2.14. The molecular weight excluding hydrogens is 284 g/mol. The summed E-state index contributed by atoms with van der Waals surface area (Å²) < 4.78 is 5.14. The lowest BCUT2D eigenvalue weighted by atomic mass is 10.2. The van der Waals surface area contributed by atoms with E-state index < -0.39 is 0 Å². The highest BCUT2D eigenvalue weighted by molar-refractivity contribution is 6.32. The molecule has 2 aromatic rings. The Morgan fingerprint density at radius 1 is 1.14 bits per heavy atom. The molecule has 0 aliphatic carbocycles. The van der Waals surface area contributed by atoms with E-state index in [1.54, 1.807) is 7.11 Å². The highest BCUT2D eigenvalue weighted by atomic mass is 35.5. The molecule has 0 fully saturated rings. The van der Waals surface area contributed by atoms with Crippen molar-refractivity contribution in [3.63, 3.8) is 0 Å². The highest BCUT2D eigenvalue weighted by Gasteiger charge is 2.03. The lowest BCUT2D eigenvalue weighted by molar-refractivity contribution is 0.340. The third-order valence-corrected chi connectivity index (χ3v) is 3.57. The first kappa shape index (κ1) is 15.7. The third-order valence-electron chi connectivity index (χ3n) is 3.27. The van der Waals surface area contributed by atoms with Gasteiger partial charge in [0, 0.05) is 25.3 Å². The van der Waals surface area contributed by atoms with Gasteiger partial charge in [-0.2, -0.15) is 0 Å². The molecule has 21 heavy (non-hydrogen) atoms. The van der Waals surface area contributed by atoms with Crippen molar-refractivity contribution in [2.75, 3.05) is 32.6 Å². The minimum atomic E-state index is 0.625. The highest BCUT2D eigenvalue weighted by Crippen LogP contribution is 2.26. The molecule has 112 valence electrons. The van der Waals surface area contributed by atoms with E-state index in [-0.39, 0.29) is 0 Å². The van der Waals surface area contributed by atoms with Crippen molar-refractivity contribution in [2.24, 2.45) is 0 Å². The van der Waals surface area contributed by atoms with Crippen LogP contribution in [0.1, 0.15) is 5.56 Å². The number of ether oxygens (including phenoxy) is 1. The number of anilines is 1. The fraction of sp³-hybridized carbons (Fsp3) is 0.294. The standard InChI is InChI=1S/C17H21ClN2O/c1-20(13-14-6-4-3-5-7-14)11-10-19-15-8-9-17(21-2)16(18)12-15/h3-9,12,19H,10-11,13H2,1-2H3. The SMILES string of the molecule is COc1ccc(NCCN(C)Cc2ccccc2)cc1Cl. The molecule has 1 N–H and O–H groups in total. The van der Waals surface area contributed by atoms with Gasteiger partial charge in [0.15, 0.2) is 0 Å². The first-order valence-electron chi connectivity index (χ1n) is 6.99. The zero-order valence-electron chi connectivity index (χ0n) is 12.5. The van der Waals surface area contributed by atoms with Gasteiger partial charge in [-0.15, -0.1) is 0 Å². The number of nitrogens with one attached hydrogen (secondary N) is 1. The monoisotopic (exact) mass is 304 g/mol. The second kappa shape index (κ2) is 7.91. The van der Waals surface area contributed by atoms with Crippen LogP contribution in [0.2, 0.25) is 5.02 Å². The van der Waals surface area contributed by atoms with E-state index >= 15 is 0 Å². The topological polar surface area (TPSA) is 24.5 Å². The van der Waals surface area contributed by atoms with Crippen LogP contribution >= 0.6 is 11.6 Å². The van der Waals surface area contributed by atoms with Crippen LogP contribution < -0.4 is 10.1 Å². The van der Waals surface area contributed by atoms with E-state index in [0.717, 1.165) is 25.3 Å². The third kappa shape index (κ3) is 4.96. The van der Waals surface area contributed by atoms with Gasteiger partial charge in [0.2, 0.25) is 0 Å². The Labute approximate surface area is 131 Å². The van der Waals surface area contributed by atoms with Crippen LogP contribution in [0.15, 0.2) is 48.5 Å². The second-order valence-electron chi connectivity index (χ2n) is 5.00. The van der Waals surface area contributed by atoms with Gasteiger partial charge in [-0.1, -0.05) is 41.9 Å². The normalized spacial score (nSPS) is 10.7. The van der Waals surface area contributed by atoms with E-state index in [4.69, 9.17) is 16.3 Å².